The number of aryl methyl sites for hydroxylation is 1. The molecule has 0 unspecified atom stereocenters. The Morgan fingerprint density at radius 1 is 1.00 bits per heavy atom. The number of H-pyrrole nitrogens is 1. The third-order valence-corrected chi connectivity index (χ3v) is 4.75. The highest BCUT2D eigenvalue weighted by Crippen LogP contribution is 2.21. The summed E-state index contributed by atoms with van der Waals surface area (Å²) >= 11 is 5.34. The first-order chi connectivity index (χ1) is 14.2. The van der Waals surface area contributed by atoms with Gasteiger partial charge in [-0.2, -0.15) is 14.9 Å². The molecular formula is C23H20N4OS. The van der Waals surface area contributed by atoms with Crippen molar-refractivity contribution in [3.05, 3.63) is 100 Å². The number of ether oxygens (including phenoxy) is 1. The maximum absolute atomic E-state index is 5.83. The molecule has 144 valence electrons. The molecule has 4 rings (SSSR count). The molecule has 0 saturated carbocycles. The molecule has 29 heavy (non-hydrogen) atoms. The van der Waals surface area contributed by atoms with Crippen molar-refractivity contribution in [2.24, 2.45) is 5.10 Å². The Labute approximate surface area is 174 Å². The molecule has 4 aromatic rings. The SMILES string of the molecule is Cc1ccccc1-c1n[nH]c(=S)n1/N=C\c1ccc(OCc2ccccc2)cc1. The highest BCUT2D eigenvalue weighted by atomic mass is 32.1. The molecular weight excluding hydrogens is 380 g/mol. The molecule has 1 aromatic heterocycles. The Balaban J connectivity index is 1.49. The van der Waals surface area contributed by atoms with Gasteiger partial charge in [0.2, 0.25) is 4.77 Å². The Kier molecular flexibility index (Phi) is 5.63. The molecule has 0 saturated heterocycles. The van der Waals surface area contributed by atoms with E-state index in [9.17, 15) is 0 Å². The van der Waals surface area contributed by atoms with E-state index in [1.807, 2.05) is 85.8 Å². The van der Waals surface area contributed by atoms with Crippen molar-refractivity contribution >= 4 is 18.4 Å². The Morgan fingerprint density at radius 3 is 2.48 bits per heavy atom. The van der Waals surface area contributed by atoms with Gasteiger partial charge in [-0.05, 0) is 60.1 Å². The van der Waals surface area contributed by atoms with Crippen LogP contribution in [0.3, 0.4) is 0 Å². The predicted octanol–water partition coefficient (Wildman–Crippen LogP) is 5.38. The normalized spacial score (nSPS) is 11.1. The largest absolute Gasteiger partial charge is 0.489 e. The monoisotopic (exact) mass is 400 g/mol. The van der Waals surface area contributed by atoms with Crippen LogP contribution in [0.1, 0.15) is 16.7 Å². The number of aromatic amines is 1. The van der Waals surface area contributed by atoms with E-state index in [4.69, 9.17) is 17.0 Å². The average Bonchev–Trinajstić information content (AvgIpc) is 3.13. The molecule has 0 radical (unpaired) electrons. The third kappa shape index (κ3) is 4.50. The topological polar surface area (TPSA) is 55.2 Å². The summed E-state index contributed by atoms with van der Waals surface area (Å²) in [5, 5.41) is 11.7. The van der Waals surface area contributed by atoms with Crippen molar-refractivity contribution < 1.29 is 4.74 Å². The fourth-order valence-corrected chi connectivity index (χ4v) is 3.09. The first kappa shape index (κ1) is 18.8. The van der Waals surface area contributed by atoms with Crippen molar-refractivity contribution in [2.75, 3.05) is 0 Å². The van der Waals surface area contributed by atoms with Crippen molar-refractivity contribution in [1.29, 1.82) is 0 Å². The van der Waals surface area contributed by atoms with Gasteiger partial charge in [0.15, 0.2) is 5.82 Å². The maximum atomic E-state index is 5.83. The van der Waals surface area contributed by atoms with Crippen LogP contribution in [0, 0.1) is 11.7 Å². The van der Waals surface area contributed by atoms with Gasteiger partial charge in [-0.1, -0.05) is 54.6 Å². The van der Waals surface area contributed by atoms with E-state index < -0.39 is 0 Å². The molecule has 5 nitrogen and oxygen atoms in total. The number of aromatic nitrogens is 3. The van der Waals surface area contributed by atoms with Crippen LogP contribution in [-0.4, -0.2) is 21.1 Å². The van der Waals surface area contributed by atoms with Crippen LogP contribution in [0.15, 0.2) is 84.0 Å². The van der Waals surface area contributed by atoms with Gasteiger partial charge in [-0.3, -0.25) is 0 Å². The van der Waals surface area contributed by atoms with Crippen molar-refractivity contribution in [3.63, 3.8) is 0 Å². The lowest BCUT2D eigenvalue weighted by molar-refractivity contribution is 0.306. The summed E-state index contributed by atoms with van der Waals surface area (Å²) < 4.78 is 7.91. The number of rotatable bonds is 6. The fourth-order valence-electron chi connectivity index (χ4n) is 2.91. The fraction of sp³-hybridized carbons (Fsp3) is 0.0870. The molecule has 0 bridgehead atoms. The van der Waals surface area contributed by atoms with E-state index in [1.165, 1.54) is 0 Å². The molecule has 0 aliphatic heterocycles. The Morgan fingerprint density at radius 2 is 1.72 bits per heavy atom. The van der Waals surface area contributed by atoms with Gasteiger partial charge >= 0.3 is 0 Å². The number of nitrogens with zero attached hydrogens (tertiary/aromatic N) is 3. The lowest BCUT2D eigenvalue weighted by Crippen LogP contribution is -1.97. The van der Waals surface area contributed by atoms with E-state index in [-0.39, 0.29) is 0 Å². The van der Waals surface area contributed by atoms with E-state index in [0.717, 1.165) is 28.0 Å². The van der Waals surface area contributed by atoms with Gasteiger partial charge in [0.05, 0.1) is 6.21 Å². The van der Waals surface area contributed by atoms with Gasteiger partial charge in [0, 0.05) is 5.56 Å². The molecule has 3 aromatic carbocycles. The van der Waals surface area contributed by atoms with Crippen molar-refractivity contribution in [1.82, 2.24) is 14.9 Å². The molecule has 0 aliphatic rings. The highest BCUT2D eigenvalue weighted by Gasteiger charge is 2.10. The van der Waals surface area contributed by atoms with Gasteiger partial charge in [0.25, 0.3) is 0 Å². The lowest BCUT2D eigenvalue weighted by Gasteiger charge is -2.06. The summed E-state index contributed by atoms with van der Waals surface area (Å²) in [6.07, 6.45) is 1.76. The first-order valence-electron chi connectivity index (χ1n) is 9.25. The van der Waals surface area contributed by atoms with Crippen LogP contribution in [0.5, 0.6) is 5.75 Å². The predicted molar refractivity (Wildman–Crippen MR) is 118 cm³/mol. The van der Waals surface area contributed by atoms with Gasteiger partial charge in [-0.15, -0.1) is 0 Å². The molecule has 0 fully saturated rings. The van der Waals surface area contributed by atoms with E-state index in [0.29, 0.717) is 17.2 Å². The number of hydrogen-bond donors (Lipinski definition) is 1. The number of nitrogens with one attached hydrogen (secondary N) is 1. The van der Waals surface area contributed by atoms with E-state index in [1.54, 1.807) is 10.9 Å². The quantitative estimate of drug-likeness (QED) is 0.349. The summed E-state index contributed by atoms with van der Waals surface area (Å²) in [4.78, 5) is 0. The minimum absolute atomic E-state index is 0.447. The van der Waals surface area contributed by atoms with Crippen molar-refractivity contribution in [3.8, 4) is 17.1 Å². The standard InChI is InChI=1S/C23H20N4OS/c1-17-7-5-6-10-21(17)22-25-26-23(29)27(22)24-15-18-11-13-20(14-12-18)28-16-19-8-3-2-4-9-19/h2-15H,16H2,1H3,(H,26,29)/b24-15-. The minimum atomic E-state index is 0.447. The van der Waals surface area contributed by atoms with E-state index in [2.05, 4.69) is 15.3 Å². The summed E-state index contributed by atoms with van der Waals surface area (Å²) in [5.74, 6) is 1.50. The second-order valence-electron chi connectivity index (χ2n) is 6.57. The van der Waals surface area contributed by atoms with Crippen LogP contribution in [0.4, 0.5) is 0 Å². The molecule has 6 heteroatoms. The zero-order valence-electron chi connectivity index (χ0n) is 15.9. The second kappa shape index (κ2) is 8.67. The van der Waals surface area contributed by atoms with Crippen LogP contribution < -0.4 is 4.74 Å². The molecule has 0 atom stereocenters. The lowest BCUT2D eigenvalue weighted by atomic mass is 10.1. The molecule has 0 aliphatic carbocycles. The van der Waals surface area contributed by atoms with Gasteiger partial charge < -0.3 is 4.74 Å². The highest BCUT2D eigenvalue weighted by molar-refractivity contribution is 7.71. The van der Waals surface area contributed by atoms with Crippen LogP contribution in [-0.2, 0) is 6.61 Å². The van der Waals surface area contributed by atoms with Crippen LogP contribution in [0.25, 0.3) is 11.4 Å². The number of hydrogen-bond acceptors (Lipinski definition) is 4. The van der Waals surface area contributed by atoms with Crippen molar-refractivity contribution in [2.45, 2.75) is 13.5 Å². The Hall–Kier alpha value is -3.51. The minimum Gasteiger partial charge on any atom is -0.489 e. The first-order valence-corrected chi connectivity index (χ1v) is 9.66. The average molecular weight is 401 g/mol. The van der Waals surface area contributed by atoms with Gasteiger partial charge in [0.1, 0.15) is 12.4 Å². The smallest absolute Gasteiger partial charge is 0.216 e. The van der Waals surface area contributed by atoms with Gasteiger partial charge in [-0.25, -0.2) is 5.10 Å². The molecule has 1 N–H and O–H groups in total. The molecule has 0 spiro atoms. The zero-order chi connectivity index (χ0) is 20.1. The summed E-state index contributed by atoms with van der Waals surface area (Å²) in [7, 11) is 0. The third-order valence-electron chi connectivity index (χ3n) is 4.49. The van der Waals surface area contributed by atoms with Crippen LogP contribution >= 0.6 is 12.2 Å². The summed E-state index contributed by atoms with van der Waals surface area (Å²) in [6, 6.07) is 25.9. The molecule has 1 heterocycles. The van der Waals surface area contributed by atoms with Crippen LogP contribution in [0.2, 0.25) is 0 Å². The summed E-state index contributed by atoms with van der Waals surface area (Å²) in [5.41, 5.74) is 4.17. The second-order valence-corrected chi connectivity index (χ2v) is 6.95. The zero-order valence-corrected chi connectivity index (χ0v) is 16.8. The number of benzene rings is 3. The van der Waals surface area contributed by atoms with E-state index >= 15 is 0 Å². The molecule has 0 amide bonds. The Bertz CT molecular complexity index is 1180. The maximum Gasteiger partial charge on any atom is 0.216 e. The summed E-state index contributed by atoms with van der Waals surface area (Å²) in [6.45, 7) is 2.58.